The van der Waals surface area contributed by atoms with Gasteiger partial charge in [0.05, 0.1) is 10.6 Å². The molecule has 0 aliphatic heterocycles. The second-order valence-corrected chi connectivity index (χ2v) is 12.1. The van der Waals surface area contributed by atoms with E-state index in [1.807, 2.05) is 6.92 Å². The van der Waals surface area contributed by atoms with Crippen LogP contribution in [0.4, 0.5) is 5.69 Å². The molecule has 0 heterocycles. The summed E-state index contributed by atoms with van der Waals surface area (Å²) in [5.74, 6) is -0.945. The van der Waals surface area contributed by atoms with E-state index in [4.69, 9.17) is 34.8 Å². The molecule has 39 heavy (non-hydrogen) atoms. The number of carbonyl (C=O) groups is 2. The Labute approximate surface area is 244 Å². The number of halogens is 3. The highest BCUT2D eigenvalue weighted by molar-refractivity contribution is 7.92. The van der Waals surface area contributed by atoms with Crippen molar-refractivity contribution in [2.45, 2.75) is 44.7 Å². The molecule has 1 N–H and O–H groups in total. The van der Waals surface area contributed by atoms with E-state index in [-0.39, 0.29) is 17.3 Å². The number of anilines is 1. The van der Waals surface area contributed by atoms with Gasteiger partial charge in [-0.05, 0) is 73.9 Å². The van der Waals surface area contributed by atoms with Crippen LogP contribution < -0.4 is 9.62 Å². The summed E-state index contributed by atoms with van der Waals surface area (Å²) < 4.78 is 28.7. The average molecular weight is 611 g/mol. The molecule has 3 rings (SSSR count). The van der Waals surface area contributed by atoms with E-state index >= 15 is 0 Å². The third kappa shape index (κ3) is 7.66. The van der Waals surface area contributed by atoms with E-state index in [1.54, 1.807) is 56.3 Å². The molecule has 0 saturated heterocycles. The van der Waals surface area contributed by atoms with E-state index in [1.165, 1.54) is 29.2 Å². The smallest absolute Gasteiger partial charge is 0.264 e. The summed E-state index contributed by atoms with van der Waals surface area (Å²) in [4.78, 5) is 28.2. The van der Waals surface area contributed by atoms with Gasteiger partial charge < -0.3 is 10.2 Å². The molecule has 0 aromatic heterocycles. The number of carbonyl (C=O) groups excluding carboxylic acids is 2. The number of amides is 2. The molecule has 7 nitrogen and oxygen atoms in total. The summed E-state index contributed by atoms with van der Waals surface area (Å²) in [6.07, 6.45) is 0.718. The van der Waals surface area contributed by atoms with Crippen LogP contribution in [0, 0.1) is 6.92 Å². The maximum atomic E-state index is 13.9. The van der Waals surface area contributed by atoms with E-state index in [2.05, 4.69) is 5.32 Å². The first-order chi connectivity index (χ1) is 18.4. The second kappa shape index (κ2) is 13.5. The Balaban J connectivity index is 2.05. The molecule has 0 radical (unpaired) electrons. The SMILES string of the molecule is CCCNC(=O)C(C)N(Cc1ccc(Cl)cc1Cl)C(=O)CN(c1ccccc1C)S(=O)(=O)c1ccc(Cl)cc1. The molecule has 11 heteroatoms. The van der Waals surface area contributed by atoms with E-state index < -0.39 is 28.5 Å². The van der Waals surface area contributed by atoms with Crippen LogP contribution in [0.3, 0.4) is 0 Å². The molecule has 0 aliphatic carbocycles. The van der Waals surface area contributed by atoms with Gasteiger partial charge in [0.15, 0.2) is 0 Å². The Kier molecular flexibility index (Phi) is 10.7. The highest BCUT2D eigenvalue weighted by atomic mass is 35.5. The molecule has 1 atom stereocenters. The zero-order valence-electron chi connectivity index (χ0n) is 21.8. The van der Waals surface area contributed by atoms with Crippen LogP contribution in [-0.2, 0) is 26.2 Å². The molecule has 0 saturated carbocycles. The standard InChI is InChI=1S/C28H30Cl3N3O4S/c1-4-15-32-28(36)20(3)33(17-21-9-10-23(30)16-25(21)31)27(35)18-34(26-8-6-5-7-19(26)2)39(37,38)24-13-11-22(29)12-14-24/h5-14,16,20H,4,15,17-18H2,1-3H3,(H,32,36). The second-order valence-electron chi connectivity index (χ2n) is 8.98. The quantitative estimate of drug-likeness (QED) is 0.285. The Morgan fingerprint density at radius 3 is 2.21 bits per heavy atom. The first-order valence-corrected chi connectivity index (χ1v) is 14.9. The van der Waals surface area contributed by atoms with E-state index in [9.17, 15) is 18.0 Å². The van der Waals surface area contributed by atoms with E-state index in [0.29, 0.717) is 38.4 Å². The number of nitrogens with zero attached hydrogens (tertiary/aromatic N) is 2. The number of aryl methyl sites for hydroxylation is 1. The molecule has 0 bridgehead atoms. The monoisotopic (exact) mass is 609 g/mol. The number of para-hydroxylation sites is 1. The molecular formula is C28H30Cl3N3O4S. The van der Waals surface area contributed by atoms with Gasteiger partial charge in [-0.3, -0.25) is 13.9 Å². The topological polar surface area (TPSA) is 86.8 Å². The molecule has 208 valence electrons. The molecule has 1 unspecified atom stereocenters. The van der Waals surface area contributed by atoms with Crippen LogP contribution >= 0.6 is 34.8 Å². The molecular weight excluding hydrogens is 581 g/mol. The number of hydrogen-bond donors (Lipinski definition) is 1. The van der Waals surface area contributed by atoms with Gasteiger partial charge in [0, 0.05) is 28.2 Å². The van der Waals surface area contributed by atoms with Gasteiger partial charge in [-0.1, -0.05) is 66.0 Å². The Bertz CT molecular complexity index is 1430. The molecule has 2 amide bonds. The normalized spacial score (nSPS) is 12.1. The van der Waals surface area contributed by atoms with Gasteiger partial charge in [-0.2, -0.15) is 0 Å². The van der Waals surface area contributed by atoms with Crippen LogP contribution in [0.25, 0.3) is 0 Å². The van der Waals surface area contributed by atoms with Crippen LogP contribution in [-0.4, -0.2) is 44.3 Å². The number of benzene rings is 3. The average Bonchev–Trinajstić information content (AvgIpc) is 2.90. The fourth-order valence-electron chi connectivity index (χ4n) is 3.90. The highest BCUT2D eigenvalue weighted by Gasteiger charge is 2.33. The Morgan fingerprint density at radius 2 is 1.59 bits per heavy atom. The van der Waals surface area contributed by atoms with Crippen LogP contribution in [0.2, 0.25) is 15.1 Å². The predicted molar refractivity (Wildman–Crippen MR) is 157 cm³/mol. The van der Waals surface area contributed by atoms with Crippen LogP contribution in [0.5, 0.6) is 0 Å². The number of sulfonamides is 1. The van der Waals surface area contributed by atoms with E-state index in [0.717, 1.165) is 10.7 Å². The maximum Gasteiger partial charge on any atom is 0.264 e. The lowest BCUT2D eigenvalue weighted by Crippen LogP contribution is -2.51. The van der Waals surface area contributed by atoms with Gasteiger partial charge >= 0.3 is 0 Å². The maximum absolute atomic E-state index is 13.9. The lowest BCUT2D eigenvalue weighted by atomic mass is 10.1. The van der Waals surface area contributed by atoms with Crippen molar-refractivity contribution < 1.29 is 18.0 Å². The Hall–Kier alpha value is -2.78. The summed E-state index contributed by atoms with van der Waals surface area (Å²) in [6.45, 7) is 5.13. The lowest BCUT2D eigenvalue weighted by molar-refractivity contribution is -0.139. The summed E-state index contributed by atoms with van der Waals surface area (Å²) in [5.41, 5.74) is 1.56. The van der Waals surface area contributed by atoms with Crippen molar-refractivity contribution >= 4 is 62.3 Å². The summed E-state index contributed by atoms with van der Waals surface area (Å²) in [6, 6.07) is 16.5. The van der Waals surface area contributed by atoms with Gasteiger partial charge in [0.25, 0.3) is 10.0 Å². The first kappa shape index (κ1) is 30.8. The lowest BCUT2D eigenvalue weighted by Gasteiger charge is -2.32. The van der Waals surface area contributed by atoms with Crippen molar-refractivity contribution in [1.29, 1.82) is 0 Å². The zero-order valence-corrected chi connectivity index (χ0v) is 24.9. The molecule has 3 aromatic carbocycles. The number of rotatable bonds is 11. The third-order valence-electron chi connectivity index (χ3n) is 6.14. The van der Waals surface area contributed by atoms with Crippen molar-refractivity contribution in [3.05, 3.63) is 92.9 Å². The van der Waals surface area contributed by atoms with Crippen LogP contribution in [0.15, 0.2) is 71.6 Å². The van der Waals surface area contributed by atoms with Crippen molar-refractivity contribution in [3.8, 4) is 0 Å². The molecule has 3 aromatic rings. The Morgan fingerprint density at radius 1 is 0.949 bits per heavy atom. The minimum absolute atomic E-state index is 0.0241. The van der Waals surface area contributed by atoms with Crippen molar-refractivity contribution in [2.75, 3.05) is 17.4 Å². The first-order valence-electron chi connectivity index (χ1n) is 12.3. The molecule has 0 spiro atoms. The third-order valence-corrected chi connectivity index (χ3v) is 8.75. The number of hydrogen-bond acceptors (Lipinski definition) is 4. The van der Waals surface area contributed by atoms with Gasteiger partial charge in [0.2, 0.25) is 11.8 Å². The van der Waals surface area contributed by atoms with Crippen molar-refractivity contribution in [2.24, 2.45) is 0 Å². The minimum Gasteiger partial charge on any atom is -0.354 e. The molecule has 0 aliphatic rings. The van der Waals surface area contributed by atoms with Gasteiger partial charge in [-0.15, -0.1) is 0 Å². The zero-order chi connectivity index (χ0) is 28.7. The summed E-state index contributed by atoms with van der Waals surface area (Å²) >= 11 is 18.4. The number of nitrogens with one attached hydrogen (secondary N) is 1. The van der Waals surface area contributed by atoms with Gasteiger partial charge in [0.1, 0.15) is 12.6 Å². The molecule has 0 fully saturated rings. The minimum atomic E-state index is -4.19. The fourth-order valence-corrected chi connectivity index (χ4v) is 5.98. The highest BCUT2D eigenvalue weighted by Crippen LogP contribution is 2.29. The largest absolute Gasteiger partial charge is 0.354 e. The predicted octanol–water partition coefficient (Wildman–Crippen LogP) is 6.09. The summed E-state index contributed by atoms with van der Waals surface area (Å²) in [7, 11) is -4.19. The fraction of sp³-hybridized carbons (Fsp3) is 0.286. The van der Waals surface area contributed by atoms with Crippen molar-refractivity contribution in [3.63, 3.8) is 0 Å². The van der Waals surface area contributed by atoms with Gasteiger partial charge in [-0.25, -0.2) is 8.42 Å². The van der Waals surface area contributed by atoms with Crippen LogP contribution in [0.1, 0.15) is 31.4 Å². The van der Waals surface area contributed by atoms with Crippen molar-refractivity contribution in [1.82, 2.24) is 10.2 Å². The summed E-state index contributed by atoms with van der Waals surface area (Å²) in [5, 5.41) is 3.93.